The van der Waals surface area contributed by atoms with E-state index in [0.717, 1.165) is 18.2 Å². The van der Waals surface area contributed by atoms with Crippen molar-refractivity contribution in [3.8, 4) is 5.75 Å². The highest BCUT2D eigenvalue weighted by Crippen LogP contribution is 2.31. The van der Waals surface area contributed by atoms with Gasteiger partial charge in [0, 0.05) is 109 Å². The second-order valence-corrected chi connectivity index (χ2v) is 20.3. The van der Waals surface area contributed by atoms with Gasteiger partial charge in [-0.2, -0.15) is 8.42 Å². The summed E-state index contributed by atoms with van der Waals surface area (Å²) in [6, 6.07) is 3.29. The quantitative estimate of drug-likeness (QED) is 0.0197. The molecule has 1 heterocycles. The van der Waals surface area contributed by atoms with Crippen LogP contribution in [0.4, 0.5) is 21.0 Å². The molecular formula is C37H61N9O17SSi2. The molecule has 370 valence electrons. The van der Waals surface area contributed by atoms with Crippen molar-refractivity contribution < 1.29 is 68.2 Å². The van der Waals surface area contributed by atoms with Crippen LogP contribution < -0.4 is 36.1 Å². The lowest BCUT2D eigenvalue weighted by atomic mass is 10.2. The molecule has 0 unspecified atom stereocenters. The van der Waals surface area contributed by atoms with Gasteiger partial charge in [0.2, 0.25) is 0 Å². The third-order valence-corrected chi connectivity index (χ3v) is 16.2. The number of nitrogens with one attached hydrogen (secondary N) is 6. The van der Waals surface area contributed by atoms with Gasteiger partial charge < -0.3 is 62.6 Å². The molecule has 0 spiro atoms. The number of benzene rings is 1. The van der Waals surface area contributed by atoms with Crippen molar-refractivity contribution >= 4 is 63.0 Å². The zero-order valence-corrected chi connectivity index (χ0v) is 40.7. The summed E-state index contributed by atoms with van der Waals surface area (Å²) in [7, 11) is -10.9. The highest BCUT2D eigenvalue weighted by Gasteiger charge is 2.40. The highest BCUT2D eigenvalue weighted by molar-refractivity contribution is 7.87. The average Bonchev–Trinajstić information content (AvgIpc) is 3.26. The third-order valence-electron chi connectivity index (χ3n) is 8.56. The summed E-state index contributed by atoms with van der Waals surface area (Å²) < 4.78 is 66.7. The Morgan fingerprint density at radius 2 is 0.955 bits per heavy atom. The molecule has 0 saturated carbocycles. The third kappa shape index (κ3) is 19.2. The Balaban J connectivity index is 2.14. The number of urea groups is 2. The standard InChI is InChI=1S/C37H61N9O17SSi2/c1-7-57-65(58-8-2,59-9-3)23-13-17-40-36(49)42-21-19-38-34(47)30-26-29(63-64(55,56)33-16-15-28(45(51)52)25-32(33)46(53)54)27-31(44-30)35(48)39-20-22-43-37(50)41-18-14-24-66(60-10-4,61-11-5)62-12-6/h15-16,25-27H,7-14,17-24H2,1-6H3,(H,38,47)(H,39,48)(H2,40,42,49)(H2,41,43,50). The van der Waals surface area contributed by atoms with Gasteiger partial charge in [0.05, 0.1) is 15.9 Å². The van der Waals surface area contributed by atoms with Crippen molar-refractivity contribution in [2.75, 3.05) is 78.9 Å². The number of nitro groups is 2. The summed E-state index contributed by atoms with van der Waals surface area (Å²) >= 11 is 0. The number of nitrogens with zero attached hydrogens (tertiary/aromatic N) is 3. The number of carbonyl (C=O) groups excluding carboxylic acids is 4. The van der Waals surface area contributed by atoms with Crippen LogP contribution in [0.3, 0.4) is 0 Å². The van der Waals surface area contributed by atoms with E-state index in [1.807, 2.05) is 41.5 Å². The topological polar surface area (TPSA) is 338 Å². The molecule has 6 N–H and O–H groups in total. The fourth-order valence-corrected chi connectivity index (χ4v) is 12.2. The number of pyridine rings is 1. The lowest BCUT2D eigenvalue weighted by molar-refractivity contribution is -0.396. The van der Waals surface area contributed by atoms with Crippen LogP contribution in [0.15, 0.2) is 35.2 Å². The number of hydrogen-bond acceptors (Lipinski definition) is 18. The summed E-state index contributed by atoms with van der Waals surface area (Å²) in [5.41, 5.74) is -3.01. The second kappa shape index (κ2) is 29.3. The van der Waals surface area contributed by atoms with E-state index in [-0.39, 0.29) is 39.3 Å². The van der Waals surface area contributed by atoms with Gasteiger partial charge in [0.15, 0.2) is 4.90 Å². The fourth-order valence-electron chi connectivity index (χ4n) is 5.96. The Hall–Kier alpha value is -5.41. The number of hydrogen-bond donors (Lipinski definition) is 6. The van der Waals surface area contributed by atoms with E-state index < -0.39 is 94.9 Å². The predicted molar refractivity (Wildman–Crippen MR) is 239 cm³/mol. The molecule has 0 saturated heterocycles. The van der Waals surface area contributed by atoms with E-state index in [4.69, 9.17) is 30.7 Å². The van der Waals surface area contributed by atoms with Crippen LogP contribution in [0, 0.1) is 20.2 Å². The number of aromatic nitrogens is 1. The molecule has 29 heteroatoms. The van der Waals surface area contributed by atoms with Crippen molar-refractivity contribution in [1.82, 2.24) is 36.9 Å². The zero-order chi connectivity index (χ0) is 49.2. The molecule has 26 nitrogen and oxygen atoms in total. The summed E-state index contributed by atoms with van der Waals surface area (Å²) in [5.74, 6) is -2.57. The molecule has 1 aromatic carbocycles. The predicted octanol–water partition coefficient (Wildman–Crippen LogP) is 2.60. The largest absolute Gasteiger partial charge is 0.500 e. The first-order chi connectivity index (χ1) is 31.4. The Kier molecular flexibility index (Phi) is 25.2. The van der Waals surface area contributed by atoms with Gasteiger partial charge in [-0.15, -0.1) is 0 Å². The van der Waals surface area contributed by atoms with Crippen molar-refractivity contribution in [3.05, 3.63) is 61.9 Å². The van der Waals surface area contributed by atoms with E-state index in [9.17, 15) is 47.8 Å². The fraction of sp³-hybridized carbons (Fsp3) is 0.595. The first-order valence-corrected chi connectivity index (χ1v) is 26.5. The monoisotopic (exact) mass is 991 g/mol. The van der Waals surface area contributed by atoms with Crippen molar-refractivity contribution in [2.45, 2.75) is 71.4 Å². The van der Waals surface area contributed by atoms with Gasteiger partial charge in [0.25, 0.3) is 23.2 Å². The maximum absolute atomic E-state index is 13.3. The number of nitro benzene ring substituents is 2. The van der Waals surface area contributed by atoms with Gasteiger partial charge in [-0.3, -0.25) is 29.8 Å². The molecular weight excluding hydrogens is 931 g/mol. The van der Waals surface area contributed by atoms with E-state index in [1.165, 1.54) is 0 Å². The normalized spacial score (nSPS) is 11.6. The smallest absolute Gasteiger partial charge is 0.379 e. The van der Waals surface area contributed by atoms with E-state index in [2.05, 4.69) is 36.9 Å². The van der Waals surface area contributed by atoms with Crippen molar-refractivity contribution in [2.24, 2.45) is 0 Å². The second-order valence-electron chi connectivity index (χ2n) is 13.3. The molecule has 6 amide bonds. The Morgan fingerprint density at radius 1 is 0.576 bits per heavy atom. The minimum atomic E-state index is -5.13. The van der Waals surface area contributed by atoms with E-state index in [1.54, 1.807) is 0 Å². The molecule has 0 fully saturated rings. The molecule has 0 atom stereocenters. The van der Waals surface area contributed by atoms with E-state index in [0.29, 0.717) is 76.7 Å². The summed E-state index contributed by atoms with van der Waals surface area (Å²) in [6.07, 6.45) is 0.997. The number of carbonyl (C=O) groups is 4. The maximum atomic E-state index is 13.3. The molecule has 0 radical (unpaired) electrons. The van der Waals surface area contributed by atoms with Crippen LogP contribution in [-0.2, 0) is 36.7 Å². The molecule has 2 aromatic rings. The number of non-ortho nitro benzene ring substituents is 1. The molecule has 0 aliphatic rings. The highest BCUT2D eigenvalue weighted by atomic mass is 32.2. The van der Waals surface area contributed by atoms with Gasteiger partial charge in [0.1, 0.15) is 17.1 Å². The lowest BCUT2D eigenvalue weighted by Crippen LogP contribution is -2.47. The van der Waals surface area contributed by atoms with Gasteiger partial charge in [-0.25, -0.2) is 14.6 Å². The Bertz CT molecular complexity index is 1920. The average molecular weight is 992 g/mol. The van der Waals surface area contributed by atoms with Crippen molar-refractivity contribution in [1.29, 1.82) is 0 Å². The summed E-state index contributed by atoms with van der Waals surface area (Å²) in [5, 5.41) is 38.4. The first-order valence-electron chi connectivity index (χ1n) is 21.3. The van der Waals surface area contributed by atoms with Crippen LogP contribution >= 0.6 is 0 Å². The minimum Gasteiger partial charge on any atom is -0.379 e. The molecule has 66 heavy (non-hydrogen) atoms. The lowest BCUT2D eigenvalue weighted by Gasteiger charge is -2.28. The van der Waals surface area contributed by atoms with Crippen LogP contribution in [-0.4, -0.2) is 144 Å². The maximum Gasteiger partial charge on any atom is 0.500 e. The van der Waals surface area contributed by atoms with Crippen LogP contribution in [0.2, 0.25) is 12.1 Å². The minimum absolute atomic E-state index is 0.0777. The zero-order valence-electron chi connectivity index (χ0n) is 37.9. The molecule has 0 aliphatic carbocycles. The molecule has 1 aromatic heterocycles. The Morgan fingerprint density at radius 3 is 1.32 bits per heavy atom. The van der Waals surface area contributed by atoms with E-state index >= 15 is 0 Å². The van der Waals surface area contributed by atoms with Crippen LogP contribution in [0.1, 0.15) is 75.4 Å². The van der Waals surface area contributed by atoms with Gasteiger partial charge in [-0.05, 0) is 60.5 Å². The van der Waals surface area contributed by atoms with Crippen LogP contribution in [0.25, 0.3) is 0 Å². The number of rotatable bonds is 33. The summed E-state index contributed by atoms with van der Waals surface area (Å²) in [6.45, 7) is 13.5. The Labute approximate surface area is 385 Å². The SMILES string of the molecule is CCO[Si](CCCNC(=O)NCCNC(=O)c1cc(OS(=O)(=O)c2ccc([N+](=O)[O-])cc2[N+](=O)[O-])cc(C(=O)NCCNC(=O)NCCC[Si](OCC)(OCC)OCC)n1)(OCC)OCC. The molecule has 0 aliphatic heterocycles. The van der Waals surface area contributed by atoms with Gasteiger partial charge >= 0.3 is 39.8 Å². The number of amides is 6. The first kappa shape index (κ1) is 56.7. The van der Waals surface area contributed by atoms with Gasteiger partial charge in [-0.1, -0.05) is 0 Å². The molecule has 2 rings (SSSR count). The summed E-state index contributed by atoms with van der Waals surface area (Å²) in [4.78, 5) is 75.2. The molecule has 0 bridgehead atoms. The van der Waals surface area contributed by atoms with Crippen molar-refractivity contribution in [3.63, 3.8) is 0 Å². The van der Waals surface area contributed by atoms with Crippen LogP contribution in [0.5, 0.6) is 5.75 Å².